The highest BCUT2D eigenvalue weighted by Gasteiger charge is 2.18. The van der Waals surface area contributed by atoms with E-state index in [1.54, 1.807) is 0 Å². The summed E-state index contributed by atoms with van der Waals surface area (Å²) in [6.07, 6.45) is 1.24. The van der Waals surface area contributed by atoms with Crippen LogP contribution in [0.4, 0.5) is 4.79 Å². The topological polar surface area (TPSA) is 58.6 Å². The van der Waals surface area contributed by atoms with Crippen LogP contribution >= 0.6 is 0 Å². The van der Waals surface area contributed by atoms with Gasteiger partial charge in [0.1, 0.15) is 0 Å². The maximum atomic E-state index is 10.7. The Morgan fingerprint density at radius 1 is 1.54 bits per heavy atom. The number of alkyl carbamates (subject to hydrolysis) is 1. The minimum absolute atomic E-state index is 0.0108. The van der Waals surface area contributed by atoms with Gasteiger partial charge in [-0.25, -0.2) is 4.79 Å². The molecular weight excluding hydrogens is 170 g/mol. The normalized spacial score (nSPS) is 11.1. The number of carbonyl (C=O) groups is 1. The minimum atomic E-state index is -0.405. The lowest BCUT2D eigenvalue weighted by Gasteiger charge is -2.24. The number of hydrogen-bond donors (Lipinski definition) is 2. The van der Waals surface area contributed by atoms with E-state index in [4.69, 9.17) is 5.11 Å². The average molecular weight is 189 g/mol. The molecule has 2 N–H and O–H groups in total. The van der Waals surface area contributed by atoms with Crippen LogP contribution in [0.5, 0.6) is 0 Å². The van der Waals surface area contributed by atoms with Crippen LogP contribution in [0, 0.1) is 5.41 Å². The van der Waals surface area contributed by atoms with E-state index in [1.807, 2.05) is 13.8 Å². The number of methoxy groups -OCH3 is 1. The Labute approximate surface area is 79.3 Å². The van der Waals surface area contributed by atoms with Crippen LogP contribution in [-0.4, -0.2) is 31.5 Å². The zero-order valence-corrected chi connectivity index (χ0v) is 8.59. The number of aliphatic hydroxyl groups excluding tert-OH is 1. The summed E-state index contributed by atoms with van der Waals surface area (Å²) < 4.78 is 4.45. The summed E-state index contributed by atoms with van der Waals surface area (Å²) in [6.45, 7) is 4.85. The lowest BCUT2D eigenvalue weighted by Crippen LogP contribution is -2.33. The standard InChI is InChI=1S/C9H19NO3/c1-9(2,5-4-6-11)7-10-8(12)13-3/h11H,4-7H2,1-3H3,(H,10,12). The molecule has 0 bridgehead atoms. The first kappa shape index (κ1) is 12.2. The Morgan fingerprint density at radius 3 is 2.62 bits per heavy atom. The molecule has 0 heterocycles. The van der Waals surface area contributed by atoms with E-state index in [0.717, 1.165) is 12.8 Å². The molecule has 4 heteroatoms. The van der Waals surface area contributed by atoms with Crippen molar-refractivity contribution in [2.45, 2.75) is 26.7 Å². The van der Waals surface area contributed by atoms with E-state index >= 15 is 0 Å². The molecule has 0 aliphatic carbocycles. The van der Waals surface area contributed by atoms with Crippen LogP contribution in [0.25, 0.3) is 0 Å². The van der Waals surface area contributed by atoms with Crippen LogP contribution in [0.15, 0.2) is 0 Å². The van der Waals surface area contributed by atoms with E-state index < -0.39 is 6.09 Å². The molecule has 0 aliphatic heterocycles. The lowest BCUT2D eigenvalue weighted by atomic mass is 9.88. The van der Waals surface area contributed by atoms with E-state index in [-0.39, 0.29) is 12.0 Å². The quantitative estimate of drug-likeness (QED) is 0.682. The highest BCUT2D eigenvalue weighted by Crippen LogP contribution is 2.20. The van der Waals surface area contributed by atoms with Gasteiger partial charge in [-0.2, -0.15) is 0 Å². The summed E-state index contributed by atoms with van der Waals surface area (Å²) in [6, 6.07) is 0. The van der Waals surface area contributed by atoms with Gasteiger partial charge in [-0.05, 0) is 18.3 Å². The lowest BCUT2D eigenvalue weighted by molar-refractivity contribution is 0.162. The van der Waals surface area contributed by atoms with Gasteiger partial charge >= 0.3 is 6.09 Å². The predicted octanol–water partition coefficient (Wildman–Crippen LogP) is 1.14. The second kappa shape index (κ2) is 5.80. The van der Waals surface area contributed by atoms with Gasteiger partial charge in [0.25, 0.3) is 0 Å². The van der Waals surface area contributed by atoms with Crippen molar-refractivity contribution in [1.29, 1.82) is 0 Å². The molecule has 0 aliphatic rings. The maximum Gasteiger partial charge on any atom is 0.406 e. The first-order valence-corrected chi connectivity index (χ1v) is 4.44. The molecule has 78 valence electrons. The van der Waals surface area contributed by atoms with Crippen LogP contribution in [-0.2, 0) is 4.74 Å². The Hall–Kier alpha value is -0.770. The average Bonchev–Trinajstić information content (AvgIpc) is 2.11. The number of ether oxygens (including phenoxy) is 1. The van der Waals surface area contributed by atoms with Crippen molar-refractivity contribution >= 4 is 6.09 Å². The molecule has 0 saturated carbocycles. The molecule has 0 radical (unpaired) electrons. The fourth-order valence-corrected chi connectivity index (χ4v) is 1.03. The number of rotatable bonds is 5. The molecule has 0 fully saturated rings. The molecule has 13 heavy (non-hydrogen) atoms. The summed E-state index contributed by atoms with van der Waals surface area (Å²) in [4.78, 5) is 10.7. The van der Waals surface area contributed by atoms with Crippen LogP contribution in [0.3, 0.4) is 0 Å². The molecule has 0 aromatic carbocycles. The van der Waals surface area contributed by atoms with Gasteiger partial charge in [-0.1, -0.05) is 13.8 Å². The zero-order chi connectivity index (χ0) is 10.3. The fraction of sp³-hybridized carbons (Fsp3) is 0.889. The number of hydrogen-bond acceptors (Lipinski definition) is 3. The molecule has 0 atom stereocenters. The second-order valence-electron chi connectivity index (χ2n) is 3.84. The van der Waals surface area contributed by atoms with Gasteiger partial charge in [0.05, 0.1) is 7.11 Å². The van der Waals surface area contributed by atoms with E-state index in [9.17, 15) is 4.79 Å². The molecule has 0 unspecified atom stereocenters. The van der Waals surface area contributed by atoms with Gasteiger partial charge in [0.2, 0.25) is 0 Å². The molecule has 4 nitrogen and oxygen atoms in total. The van der Waals surface area contributed by atoms with Crippen LogP contribution in [0.2, 0.25) is 0 Å². The third kappa shape index (κ3) is 6.40. The highest BCUT2D eigenvalue weighted by molar-refractivity contribution is 5.66. The molecule has 0 spiro atoms. The Morgan fingerprint density at radius 2 is 2.15 bits per heavy atom. The van der Waals surface area contributed by atoms with E-state index in [1.165, 1.54) is 7.11 Å². The summed E-state index contributed by atoms with van der Waals surface area (Å²) in [5.74, 6) is 0. The molecule has 0 rings (SSSR count). The van der Waals surface area contributed by atoms with Gasteiger partial charge in [0, 0.05) is 13.2 Å². The maximum absolute atomic E-state index is 10.7. The third-order valence-corrected chi connectivity index (χ3v) is 1.91. The van der Waals surface area contributed by atoms with Crippen molar-refractivity contribution < 1.29 is 14.6 Å². The predicted molar refractivity (Wildman–Crippen MR) is 50.5 cm³/mol. The molecule has 1 amide bonds. The Kier molecular flexibility index (Phi) is 5.46. The molecule has 0 aromatic rings. The zero-order valence-electron chi connectivity index (χ0n) is 8.59. The van der Waals surface area contributed by atoms with Crippen molar-refractivity contribution in [3.8, 4) is 0 Å². The van der Waals surface area contributed by atoms with Gasteiger partial charge in [-0.3, -0.25) is 0 Å². The first-order chi connectivity index (χ1) is 6.02. The van der Waals surface area contributed by atoms with Crippen molar-refractivity contribution in [3.63, 3.8) is 0 Å². The van der Waals surface area contributed by atoms with Gasteiger partial charge in [0.15, 0.2) is 0 Å². The highest BCUT2D eigenvalue weighted by atomic mass is 16.5. The summed E-state index contributed by atoms with van der Waals surface area (Å²) >= 11 is 0. The van der Waals surface area contributed by atoms with Crippen LogP contribution in [0.1, 0.15) is 26.7 Å². The molecule has 0 saturated heterocycles. The molecule has 0 aromatic heterocycles. The third-order valence-electron chi connectivity index (χ3n) is 1.91. The van der Waals surface area contributed by atoms with Gasteiger partial charge in [-0.15, -0.1) is 0 Å². The number of nitrogens with one attached hydrogen (secondary N) is 1. The van der Waals surface area contributed by atoms with Crippen molar-refractivity contribution in [1.82, 2.24) is 5.32 Å². The van der Waals surface area contributed by atoms with Gasteiger partial charge < -0.3 is 15.2 Å². The van der Waals surface area contributed by atoms with Crippen LogP contribution < -0.4 is 5.32 Å². The fourth-order valence-electron chi connectivity index (χ4n) is 1.03. The molecular formula is C9H19NO3. The van der Waals surface area contributed by atoms with Crippen molar-refractivity contribution in [3.05, 3.63) is 0 Å². The monoisotopic (exact) mass is 189 g/mol. The minimum Gasteiger partial charge on any atom is -0.453 e. The van der Waals surface area contributed by atoms with E-state index in [2.05, 4.69) is 10.1 Å². The van der Waals surface area contributed by atoms with E-state index in [0.29, 0.717) is 6.54 Å². The smallest absolute Gasteiger partial charge is 0.406 e. The SMILES string of the molecule is COC(=O)NCC(C)(C)CCCO. The summed E-state index contributed by atoms with van der Waals surface area (Å²) in [7, 11) is 1.34. The number of aliphatic hydroxyl groups is 1. The summed E-state index contributed by atoms with van der Waals surface area (Å²) in [5, 5.41) is 11.3. The first-order valence-electron chi connectivity index (χ1n) is 4.44. The Balaban J connectivity index is 3.67. The largest absolute Gasteiger partial charge is 0.453 e. The van der Waals surface area contributed by atoms with Crippen molar-refractivity contribution in [2.75, 3.05) is 20.3 Å². The summed E-state index contributed by atoms with van der Waals surface area (Å²) in [5.41, 5.74) is 0.0108. The Bertz CT molecular complexity index is 157. The second-order valence-corrected chi connectivity index (χ2v) is 3.84. The van der Waals surface area contributed by atoms with Crippen molar-refractivity contribution in [2.24, 2.45) is 5.41 Å². The number of carbonyl (C=O) groups excluding carboxylic acids is 1. The number of amides is 1.